The van der Waals surface area contributed by atoms with Gasteiger partial charge in [0.15, 0.2) is 12.2 Å². The smallest absolute Gasteiger partial charge is 0.347 e. The van der Waals surface area contributed by atoms with Crippen molar-refractivity contribution in [1.29, 1.82) is 0 Å². The van der Waals surface area contributed by atoms with Gasteiger partial charge in [-0.1, -0.05) is 13.8 Å². The predicted octanol–water partition coefficient (Wildman–Crippen LogP) is 0.890. The molecule has 0 saturated carbocycles. The van der Waals surface area contributed by atoms with Crippen molar-refractivity contribution in [3.63, 3.8) is 0 Å². The first-order chi connectivity index (χ1) is 5.61. The average Bonchev–Trinajstić information content (AvgIpc) is 2.05. The lowest BCUT2D eigenvalue weighted by Gasteiger charge is -2.22. The molecule has 0 radical (unpaired) electrons. The molecule has 70 valence electrons. The number of carbonyl (C=O) groups excluding carboxylic acids is 2. The molecule has 0 aromatic rings. The largest absolute Gasteiger partial charge is 0.448 e. The molecular formula is C8H14O4. The molecule has 1 heterocycles. The molecule has 0 amide bonds. The minimum atomic E-state index is -0.747. The summed E-state index contributed by atoms with van der Waals surface area (Å²) in [5, 5.41) is 0. The Kier molecular flexibility index (Phi) is 4.33. The van der Waals surface area contributed by atoms with Crippen LogP contribution in [0, 0.1) is 0 Å². The van der Waals surface area contributed by atoms with Gasteiger partial charge in [-0.25, -0.2) is 9.59 Å². The van der Waals surface area contributed by atoms with Gasteiger partial charge in [0.2, 0.25) is 0 Å². The Morgan fingerprint density at radius 3 is 1.42 bits per heavy atom. The van der Waals surface area contributed by atoms with Crippen molar-refractivity contribution in [1.82, 2.24) is 0 Å². The first kappa shape index (κ1) is 10.9. The van der Waals surface area contributed by atoms with Gasteiger partial charge in [-0.05, 0) is 13.8 Å². The van der Waals surface area contributed by atoms with Gasteiger partial charge in [0, 0.05) is 0 Å². The molecule has 0 aromatic heterocycles. The highest BCUT2D eigenvalue weighted by Crippen LogP contribution is 2.08. The molecule has 0 spiro atoms. The zero-order chi connectivity index (χ0) is 9.72. The van der Waals surface area contributed by atoms with E-state index >= 15 is 0 Å². The molecule has 1 rings (SSSR count). The molecule has 1 fully saturated rings. The number of hydrogen-bond acceptors (Lipinski definition) is 4. The normalized spacial score (nSPS) is 28.0. The van der Waals surface area contributed by atoms with Crippen molar-refractivity contribution in [2.75, 3.05) is 0 Å². The van der Waals surface area contributed by atoms with Crippen molar-refractivity contribution < 1.29 is 19.1 Å². The van der Waals surface area contributed by atoms with E-state index in [2.05, 4.69) is 9.47 Å². The average molecular weight is 174 g/mol. The molecule has 4 heteroatoms. The number of rotatable bonds is 0. The van der Waals surface area contributed by atoms with E-state index in [1.807, 2.05) is 13.8 Å². The highest BCUT2D eigenvalue weighted by Gasteiger charge is 2.32. The summed E-state index contributed by atoms with van der Waals surface area (Å²) >= 11 is 0. The minimum absolute atomic E-state index is 0.480. The molecule has 0 unspecified atom stereocenters. The maximum Gasteiger partial charge on any atom is 0.347 e. The van der Waals surface area contributed by atoms with E-state index in [9.17, 15) is 9.59 Å². The first-order valence-electron chi connectivity index (χ1n) is 4.02. The third-order valence-corrected chi connectivity index (χ3v) is 1.25. The first-order valence-corrected chi connectivity index (χ1v) is 4.02. The summed E-state index contributed by atoms with van der Waals surface area (Å²) in [6.07, 6.45) is -1.49. The van der Waals surface area contributed by atoms with Gasteiger partial charge < -0.3 is 9.47 Å². The Bertz CT molecular complexity index is 156. The number of esters is 2. The molecular weight excluding hydrogens is 160 g/mol. The molecule has 0 bridgehead atoms. The van der Waals surface area contributed by atoms with Gasteiger partial charge in [0.05, 0.1) is 0 Å². The van der Waals surface area contributed by atoms with Gasteiger partial charge in [-0.2, -0.15) is 0 Å². The van der Waals surface area contributed by atoms with Crippen LogP contribution in [0.1, 0.15) is 27.7 Å². The fourth-order valence-corrected chi connectivity index (χ4v) is 0.636. The second-order valence-electron chi connectivity index (χ2n) is 2.16. The summed E-state index contributed by atoms with van der Waals surface area (Å²) in [4.78, 5) is 21.3. The van der Waals surface area contributed by atoms with E-state index in [4.69, 9.17) is 0 Å². The quantitative estimate of drug-likeness (QED) is 0.512. The molecule has 1 aliphatic rings. The number of cyclic esters (lactones) is 2. The van der Waals surface area contributed by atoms with Crippen LogP contribution in [0.4, 0.5) is 0 Å². The van der Waals surface area contributed by atoms with Gasteiger partial charge in [-0.3, -0.25) is 0 Å². The second-order valence-corrected chi connectivity index (χ2v) is 2.16. The SMILES string of the molecule is CC.C[C@@H]1OC(=O)[C@H](C)OC1=O. The van der Waals surface area contributed by atoms with Crippen LogP contribution in [-0.4, -0.2) is 24.1 Å². The Balaban J connectivity index is 0.000000561. The zero-order valence-electron chi connectivity index (χ0n) is 7.79. The topological polar surface area (TPSA) is 52.6 Å². The van der Waals surface area contributed by atoms with Gasteiger partial charge in [0.1, 0.15) is 0 Å². The van der Waals surface area contributed by atoms with Crippen LogP contribution in [0.15, 0.2) is 0 Å². The Morgan fingerprint density at radius 1 is 0.917 bits per heavy atom. The lowest BCUT2D eigenvalue weighted by atomic mass is 10.3. The third kappa shape index (κ3) is 2.53. The zero-order valence-corrected chi connectivity index (χ0v) is 7.79. The fourth-order valence-electron chi connectivity index (χ4n) is 0.636. The van der Waals surface area contributed by atoms with E-state index in [1.54, 1.807) is 0 Å². The number of ether oxygens (including phenoxy) is 2. The van der Waals surface area contributed by atoms with Crippen LogP contribution in [0.5, 0.6) is 0 Å². The summed E-state index contributed by atoms with van der Waals surface area (Å²) in [7, 11) is 0. The lowest BCUT2D eigenvalue weighted by molar-refractivity contribution is -0.191. The molecule has 12 heavy (non-hydrogen) atoms. The highest BCUT2D eigenvalue weighted by atomic mass is 16.6. The van der Waals surface area contributed by atoms with Crippen molar-refractivity contribution >= 4 is 11.9 Å². The summed E-state index contributed by atoms with van der Waals surface area (Å²) in [5.41, 5.74) is 0. The van der Waals surface area contributed by atoms with Crippen LogP contribution in [0.2, 0.25) is 0 Å². The van der Waals surface area contributed by atoms with E-state index in [0.29, 0.717) is 0 Å². The van der Waals surface area contributed by atoms with Gasteiger partial charge in [0.25, 0.3) is 0 Å². The van der Waals surface area contributed by atoms with Crippen molar-refractivity contribution in [2.24, 2.45) is 0 Å². The second kappa shape index (κ2) is 4.74. The van der Waals surface area contributed by atoms with Crippen LogP contribution in [0.3, 0.4) is 0 Å². The third-order valence-electron chi connectivity index (χ3n) is 1.25. The summed E-state index contributed by atoms with van der Waals surface area (Å²) < 4.78 is 9.19. The molecule has 2 atom stereocenters. The summed E-state index contributed by atoms with van der Waals surface area (Å²) in [6.45, 7) is 6.96. The Hall–Kier alpha value is -1.06. The Labute approximate surface area is 71.8 Å². The van der Waals surface area contributed by atoms with E-state index in [-0.39, 0.29) is 0 Å². The van der Waals surface area contributed by atoms with Crippen LogP contribution < -0.4 is 0 Å². The van der Waals surface area contributed by atoms with Gasteiger partial charge in [-0.15, -0.1) is 0 Å². The molecule has 0 aromatic carbocycles. The highest BCUT2D eigenvalue weighted by molar-refractivity contribution is 5.86. The molecule has 0 N–H and O–H groups in total. The predicted molar refractivity (Wildman–Crippen MR) is 42.5 cm³/mol. The maximum atomic E-state index is 10.7. The van der Waals surface area contributed by atoms with Crippen LogP contribution in [0.25, 0.3) is 0 Å². The van der Waals surface area contributed by atoms with E-state index in [1.165, 1.54) is 13.8 Å². The monoisotopic (exact) mass is 174 g/mol. The van der Waals surface area contributed by atoms with Crippen molar-refractivity contribution in [2.45, 2.75) is 39.9 Å². The minimum Gasteiger partial charge on any atom is -0.448 e. The molecule has 0 aliphatic carbocycles. The fraction of sp³-hybridized carbons (Fsp3) is 0.750. The van der Waals surface area contributed by atoms with E-state index < -0.39 is 24.1 Å². The molecule has 1 aliphatic heterocycles. The molecule has 4 nitrogen and oxygen atoms in total. The van der Waals surface area contributed by atoms with E-state index in [0.717, 1.165) is 0 Å². The lowest BCUT2D eigenvalue weighted by Crippen LogP contribution is -2.40. The number of hydrogen-bond donors (Lipinski definition) is 0. The van der Waals surface area contributed by atoms with Gasteiger partial charge >= 0.3 is 11.9 Å². The van der Waals surface area contributed by atoms with Crippen molar-refractivity contribution in [3.8, 4) is 0 Å². The number of carbonyl (C=O) groups is 2. The maximum absolute atomic E-state index is 10.7. The summed E-state index contributed by atoms with van der Waals surface area (Å²) in [6, 6.07) is 0. The van der Waals surface area contributed by atoms with Crippen LogP contribution in [-0.2, 0) is 19.1 Å². The standard InChI is InChI=1S/C6H8O4.C2H6/c1-3-5(7)10-4(2)6(8)9-3;1-2/h3-4H,1-2H3;1-2H3/t3-,4-;/m0./s1. The Morgan fingerprint density at radius 2 is 1.17 bits per heavy atom. The van der Waals surface area contributed by atoms with Crippen molar-refractivity contribution in [3.05, 3.63) is 0 Å². The molecule has 1 saturated heterocycles. The summed E-state index contributed by atoms with van der Waals surface area (Å²) in [5.74, 6) is -0.959. The van der Waals surface area contributed by atoms with Crippen LogP contribution >= 0.6 is 0 Å².